The molecule has 128 valence electrons. The predicted molar refractivity (Wildman–Crippen MR) is 88.3 cm³/mol. The Labute approximate surface area is 140 Å². The maximum Gasteiger partial charge on any atom is 0.227 e. The van der Waals surface area contributed by atoms with Crippen LogP contribution in [-0.4, -0.2) is 40.6 Å². The second-order valence-corrected chi connectivity index (χ2v) is 6.15. The van der Waals surface area contributed by atoms with E-state index < -0.39 is 0 Å². The van der Waals surface area contributed by atoms with Gasteiger partial charge >= 0.3 is 0 Å². The number of pyridine rings is 1. The molecule has 0 bridgehead atoms. The molecule has 2 N–H and O–H groups in total. The van der Waals surface area contributed by atoms with Crippen molar-refractivity contribution in [1.29, 1.82) is 0 Å². The number of nitrogens with zero attached hydrogens (tertiary/aromatic N) is 3. The molecular weight excluding hydrogens is 308 g/mol. The van der Waals surface area contributed by atoms with Crippen LogP contribution in [0.2, 0.25) is 0 Å². The number of nitrogens with two attached hydrogens (primary N) is 1. The first-order valence-electron chi connectivity index (χ1n) is 7.99. The van der Waals surface area contributed by atoms with Crippen LogP contribution in [0.5, 0.6) is 0 Å². The summed E-state index contributed by atoms with van der Waals surface area (Å²) < 4.78 is 10.9. The Kier molecular flexibility index (Phi) is 4.53. The molecule has 24 heavy (non-hydrogen) atoms. The fraction of sp³-hybridized carbons (Fsp3) is 0.471. The van der Waals surface area contributed by atoms with E-state index in [1.54, 1.807) is 11.0 Å². The second-order valence-electron chi connectivity index (χ2n) is 6.15. The molecule has 2 aromatic rings. The summed E-state index contributed by atoms with van der Waals surface area (Å²) in [4.78, 5) is 18.9. The molecule has 1 amide bonds. The summed E-state index contributed by atoms with van der Waals surface area (Å²) in [7, 11) is 0. The van der Waals surface area contributed by atoms with Crippen LogP contribution >= 0.6 is 0 Å². The van der Waals surface area contributed by atoms with E-state index >= 15 is 0 Å². The first-order valence-corrected chi connectivity index (χ1v) is 7.99. The number of aryl methyl sites for hydroxylation is 3. The number of hydrogen-bond acceptors (Lipinski definition) is 6. The minimum absolute atomic E-state index is 0.0401. The van der Waals surface area contributed by atoms with Crippen molar-refractivity contribution in [1.82, 2.24) is 15.0 Å². The lowest BCUT2D eigenvalue weighted by Gasteiger charge is -2.33. The third-order valence-electron chi connectivity index (χ3n) is 4.25. The predicted octanol–water partition coefficient (Wildman–Crippen LogP) is 1.72. The number of aromatic nitrogens is 2. The summed E-state index contributed by atoms with van der Waals surface area (Å²) in [6.45, 7) is 7.08. The van der Waals surface area contributed by atoms with Crippen molar-refractivity contribution in [3.05, 3.63) is 40.5 Å². The Balaban J connectivity index is 1.72. The highest BCUT2D eigenvalue weighted by Crippen LogP contribution is 2.24. The molecule has 0 radical (unpaired) electrons. The molecule has 1 aliphatic rings. The van der Waals surface area contributed by atoms with Crippen molar-refractivity contribution in [2.24, 2.45) is 0 Å². The van der Waals surface area contributed by atoms with Crippen LogP contribution in [0.25, 0.3) is 0 Å². The summed E-state index contributed by atoms with van der Waals surface area (Å²) in [5.74, 6) is 0.733. The fourth-order valence-electron chi connectivity index (χ4n) is 2.96. The molecule has 3 rings (SSSR count). The number of nitrogen functional groups attached to an aromatic ring is 1. The van der Waals surface area contributed by atoms with Gasteiger partial charge in [-0.05, 0) is 32.9 Å². The highest BCUT2D eigenvalue weighted by atomic mass is 16.5. The molecule has 7 nitrogen and oxygen atoms in total. The molecule has 1 saturated heterocycles. The van der Waals surface area contributed by atoms with Gasteiger partial charge in [0.2, 0.25) is 5.91 Å². The van der Waals surface area contributed by atoms with Crippen molar-refractivity contribution >= 4 is 11.6 Å². The molecule has 3 heterocycles. The zero-order chi connectivity index (χ0) is 17.3. The number of morpholine rings is 1. The van der Waals surface area contributed by atoms with Gasteiger partial charge in [-0.15, -0.1) is 0 Å². The number of carbonyl (C=O) groups is 1. The van der Waals surface area contributed by atoms with E-state index in [0.717, 1.165) is 22.6 Å². The number of rotatable bonds is 3. The number of carbonyl (C=O) groups excluding carboxylic acids is 1. The molecule has 0 aliphatic carbocycles. The maximum atomic E-state index is 12.6. The Morgan fingerprint density at radius 1 is 1.38 bits per heavy atom. The van der Waals surface area contributed by atoms with Crippen molar-refractivity contribution in [3.63, 3.8) is 0 Å². The highest BCUT2D eigenvalue weighted by Gasteiger charge is 2.27. The van der Waals surface area contributed by atoms with Crippen LogP contribution < -0.4 is 5.73 Å². The highest BCUT2D eigenvalue weighted by molar-refractivity contribution is 5.79. The zero-order valence-electron chi connectivity index (χ0n) is 14.2. The van der Waals surface area contributed by atoms with E-state index in [2.05, 4.69) is 10.1 Å². The van der Waals surface area contributed by atoms with E-state index in [9.17, 15) is 4.79 Å². The standard InChI is InChI=1S/C17H22N4O3/c1-10-6-13(18)7-15(19-10)16-9-21(4-5-23-16)17(22)8-14-11(2)20-24-12(14)3/h6-7,16H,4-5,8-9H2,1-3H3,(H2,18,19)/t16-/m0/s1. The molecule has 0 saturated carbocycles. The lowest BCUT2D eigenvalue weighted by atomic mass is 10.1. The minimum atomic E-state index is -0.255. The average Bonchev–Trinajstić information content (AvgIpc) is 2.86. The third-order valence-corrected chi connectivity index (χ3v) is 4.25. The zero-order valence-corrected chi connectivity index (χ0v) is 14.2. The summed E-state index contributed by atoms with van der Waals surface area (Å²) in [6, 6.07) is 3.62. The van der Waals surface area contributed by atoms with E-state index in [1.165, 1.54) is 0 Å². The van der Waals surface area contributed by atoms with E-state index in [0.29, 0.717) is 31.1 Å². The molecule has 2 aromatic heterocycles. The molecule has 0 aromatic carbocycles. The quantitative estimate of drug-likeness (QED) is 0.921. The van der Waals surface area contributed by atoms with Crippen LogP contribution in [0, 0.1) is 20.8 Å². The molecule has 1 fully saturated rings. The minimum Gasteiger partial charge on any atom is -0.399 e. The largest absolute Gasteiger partial charge is 0.399 e. The summed E-state index contributed by atoms with van der Waals surface area (Å²) in [5, 5.41) is 3.90. The number of ether oxygens (including phenoxy) is 1. The van der Waals surface area contributed by atoms with E-state index in [-0.39, 0.29) is 18.4 Å². The Hall–Kier alpha value is -2.41. The lowest BCUT2D eigenvalue weighted by molar-refractivity contribution is -0.138. The molecule has 1 aliphatic heterocycles. The first-order chi connectivity index (χ1) is 11.4. The third kappa shape index (κ3) is 3.41. The number of hydrogen-bond donors (Lipinski definition) is 1. The van der Waals surface area contributed by atoms with Crippen molar-refractivity contribution < 1.29 is 14.1 Å². The van der Waals surface area contributed by atoms with Gasteiger partial charge in [-0.1, -0.05) is 5.16 Å². The van der Waals surface area contributed by atoms with Crippen LogP contribution in [-0.2, 0) is 16.0 Å². The van der Waals surface area contributed by atoms with Gasteiger partial charge in [0.25, 0.3) is 0 Å². The van der Waals surface area contributed by atoms with Crippen LogP contribution in [0.1, 0.15) is 34.5 Å². The Morgan fingerprint density at radius 3 is 2.83 bits per heavy atom. The number of amides is 1. The average molecular weight is 330 g/mol. The number of anilines is 1. The van der Waals surface area contributed by atoms with Gasteiger partial charge in [0.1, 0.15) is 11.9 Å². The first kappa shape index (κ1) is 16.4. The summed E-state index contributed by atoms with van der Waals surface area (Å²) >= 11 is 0. The SMILES string of the molecule is Cc1cc(N)cc([C@@H]2CN(C(=O)Cc3c(C)noc3C)CCO2)n1. The van der Waals surface area contributed by atoms with E-state index in [4.69, 9.17) is 15.0 Å². The molecule has 0 unspecified atom stereocenters. The topological polar surface area (TPSA) is 94.5 Å². The van der Waals surface area contributed by atoms with Gasteiger partial charge in [-0.25, -0.2) is 0 Å². The van der Waals surface area contributed by atoms with Crippen LogP contribution in [0.4, 0.5) is 5.69 Å². The van der Waals surface area contributed by atoms with Gasteiger partial charge in [0.05, 0.1) is 31.0 Å². The van der Waals surface area contributed by atoms with Crippen molar-refractivity contribution in [2.45, 2.75) is 33.3 Å². The Morgan fingerprint density at radius 2 is 2.17 bits per heavy atom. The maximum absolute atomic E-state index is 12.6. The monoisotopic (exact) mass is 330 g/mol. The molecular formula is C17H22N4O3. The van der Waals surface area contributed by atoms with Gasteiger partial charge in [-0.3, -0.25) is 9.78 Å². The van der Waals surface area contributed by atoms with Crippen molar-refractivity contribution in [3.8, 4) is 0 Å². The Bertz CT molecular complexity index is 717. The molecule has 7 heteroatoms. The van der Waals surface area contributed by atoms with Gasteiger partial charge in [0.15, 0.2) is 0 Å². The summed E-state index contributed by atoms with van der Waals surface area (Å²) in [5.41, 5.74) is 9.78. The summed E-state index contributed by atoms with van der Waals surface area (Å²) in [6.07, 6.45) is 0.0339. The molecule has 1 atom stereocenters. The normalized spacial score (nSPS) is 18.0. The van der Waals surface area contributed by atoms with E-state index in [1.807, 2.05) is 26.8 Å². The van der Waals surface area contributed by atoms with Gasteiger partial charge < -0.3 is 19.9 Å². The van der Waals surface area contributed by atoms with Crippen LogP contribution in [0.15, 0.2) is 16.7 Å². The smallest absolute Gasteiger partial charge is 0.227 e. The fourth-order valence-corrected chi connectivity index (χ4v) is 2.96. The molecule has 0 spiro atoms. The van der Waals surface area contributed by atoms with Gasteiger partial charge in [-0.2, -0.15) is 0 Å². The van der Waals surface area contributed by atoms with Crippen molar-refractivity contribution in [2.75, 3.05) is 25.4 Å². The van der Waals surface area contributed by atoms with Crippen LogP contribution in [0.3, 0.4) is 0 Å². The second kappa shape index (κ2) is 6.60. The lowest BCUT2D eigenvalue weighted by Crippen LogP contribution is -2.43. The van der Waals surface area contributed by atoms with Gasteiger partial charge in [0, 0.05) is 23.5 Å².